The Morgan fingerprint density at radius 3 is 2.50 bits per heavy atom. The van der Waals surface area contributed by atoms with Crippen LogP contribution >= 0.6 is 34.7 Å². The maximum atomic E-state index is 12.4. The maximum absolute atomic E-state index is 12.4. The molecule has 5 nitrogen and oxygen atoms in total. The number of thiazole rings is 1. The van der Waals surface area contributed by atoms with Gasteiger partial charge < -0.3 is 10.6 Å². The molecule has 0 saturated heterocycles. The van der Waals surface area contributed by atoms with E-state index in [1.165, 1.54) is 6.92 Å². The van der Waals surface area contributed by atoms with Crippen molar-refractivity contribution < 1.29 is 9.59 Å². The van der Waals surface area contributed by atoms with Crippen LogP contribution in [-0.4, -0.2) is 16.8 Å². The Bertz CT molecular complexity index is 1000. The van der Waals surface area contributed by atoms with Crippen LogP contribution in [0.5, 0.6) is 0 Å². The highest BCUT2D eigenvalue weighted by atomic mass is 35.5. The van der Waals surface area contributed by atoms with Crippen LogP contribution in [-0.2, 0) is 10.5 Å². The van der Waals surface area contributed by atoms with Crippen molar-refractivity contribution in [1.82, 2.24) is 4.98 Å². The van der Waals surface area contributed by atoms with Gasteiger partial charge in [0.1, 0.15) is 0 Å². The van der Waals surface area contributed by atoms with Gasteiger partial charge in [0.15, 0.2) is 0 Å². The van der Waals surface area contributed by atoms with Gasteiger partial charge >= 0.3 is 0 Å². The summed E-state index contributed by atoms with van der Waals surface area (Å²) in [4.78, 5) is 29.1. The number of rotatable bonds is 6. The fourth-order valence-corrected chi connectivity index (χ4v) is 4.16. The predicted molar refractivity (Wildman–Crippen MR) is 117 cm³/mol. The molecule has 0 atom stereocenters. The van der Waals surface area contributed by atoms with Gasteiger partial charge in [0.05, 0.1) is 21.4 Å². The zero-order valence-electron chi connectivity index (χ0n) is 15.3. The smallest absolute Gasteiger partial charge is 0.255 e. The molecule has 0 unspecified atom stereocenters. The van der Waals surface area contributed by atoms with Crippen molar-refractivity contribution in [2.45, 2.75) is 24.5 Å². The first kappa shape index (κ1) is 20.4. The third kappa shape index (κ3) is 5.58. The lowest BCUT2D eigenvalue weighted by Crippen LogP contribution is -2.12. The fraction of sp³-hybridized carbons (Fsp3) is 0.150. The number of anilines is 2. The molecule has 1 heterocycles. The second kappa shape index (κ2) is 9.23. The van der Waals surface area contributed by atoms with Gasteiger partial charge in [-0.25, -0.2) is 4.98 Å². The molecule has 1 aromatic heterocycles. The second-order valence-corrected chi connectivity index (χ2v) is 8.52. The monoisotopic (exact) mass is 431 g/mol. The van der Waals surface area contributed by atoms with Gasteiger partial charge in [0.25, 0.3) is 5.91 Å². The van der Waals surface area contributed by atoms with Gasteiger partial charge in [-0.2, -0.15) is 0 Å². The molecule has 0 radical (unpaired) electrons. The number of hydrogen-bond donors (Lipinski definition) is 2. The molecule has 0 fully saturated rings. The Morgan fingerprint density at radius 1 is 1.14 bits per heavy atom. The van der Waals surface area contributed by atoms with Gasteiger partial charge in [-0.15, -0.1) is 23.1 Å². The zero-order valence-corrected chi connectivity index (χ0v) is 17.7. The Labute approximate surface area is 176 Å². The van der Waals surface area contributed by atoms with Gasteiger partial charge in [-0.05, 0) is 49.4 Å². The highest BCUT2D eigenvalue weighted by Gasteiger charge is 2.09. The molecule has 28 heavy (non-hydrogen) atoms. The van der Waals surface area contributed by atoms with Crippen molar-refractivity contribution in [2.24, 2.45) is 0 Å². The average molecular weight is 432 g/mol. The van der Waals surface area contributed by atoms with E-state index >= 15 is 0 Å². The number of halogens is 1. The molecule has 0 aliphatic heterocycles. The summed E-state index contributed by atoms with van der Waals surface area (Å²) in [6, 6.07) is 12.4. The number of thioether (sulfide) groups is 1. The molecule has 144 valence electrons. The summed E-state index contributed by atoms with van der Waals surface area (Å²) < 4.78 is 0. The highest BCUT2D eigenvalue weighted by Crippen LogP contribution is 2.27. The van der Waals surface area contributed by atoms with Crippen molar-refractivity contribution in [3.8, 4) is 0 Å². The van der Waals surface area contributed by atoms with E-state index in [1.54, 1.807) is 53.4 Å². The molecule has 3 aromatic rings. The van der Waals surface area contributed by atoms with E-state index in [0.29, 0.717) is 22.0 Å². The van der Waals surface area contributed by atoms with Gasteiger partial charge in [-0.3, -0.25) is 9.59 Å². The number of carbonyl (C=O) groups is 2. The van der Waals surface area contributed by atoms with E-state index in [-0.39, 0.29) is 11.8 Å². The summed E-state index contributed by atoms with van der Waals surface area (Å²) in [6.45, 7) is 3.40. The van der Waals surface area contributed by atoms with E-state index in [9.17, 15) is 9.59 Å². The minimum atomic E-state index is -0.227. The van der Waals surface area contributed by atoms with Gasteiger partial charge in [0.2, 0.25) is 5.91 Å². The average Bonchev–Trinajstić information content (AvgIpc) is 3.08. The third-order valence-corrected chi connectivity index (χ3v) is 5.89. The first-order valence-corrected chi connectivity index (χ1v) is 10.7. The van der Waals surface area contributed by atoms with Crippen molar-refractivity contribution in [3.05, 3.63) is 69.1 Å². The normalized spacial score (nSPS) is 10.5. The zero-order chi connectivity index (χ0) is 20.1. The molecular formula is C20H18ClN3O2S2. The third-order valence-electron chi connectivity index (χ3n) is 3.71. The van der Waals surface area contributed by atoms with E-state index in [4.69, 9.17) is 11.6 Å². The number of hydrogen-bond acceptors (Lipinski definition) is 5. The number of aromatic nitrogens is 1. The lowest BCUT2D eigenvalue weighted by atomic mass is 10.2. The fourth-order valence-electron chi connectivity index (χ4n) is 2.42. The van der Waals surface area contributed by atoms with Crippen molar-refractivity contribution in [2.75, 3.05) is 10.6 Å². The summed E-state index contributed by atoms with van der Waals surface area (Å²) in [5.41, 5.74) is 2.68. The van der Waals surface area contributed by atoms with Crippen LogP contribution in [0.15, 0.2) is 52.7 Å². The molecule has 2 N–H and O–H groups in total. The molecule has 2 aromatic carbocycles. The number of nitrogens with zero attached hydrogens (tertiary/aromatic N) is 1. The Kier molecular flexibility index (Phi) is 6.72. The lowest BCUT2D eigenvalue weighted by Gasteiger charge is -2.09. The first-order valence-electron chi connectivity index (χ1n) is 8.43. The first-order chi connectivity index (χ1) is 13.4. The number of carbonyl (C=O) groups excluding carboxylic acids is 2. The number of aryl methyl sites for hydroxylation is 1. The van der Waals surface area contributed by atoms with Crippen LogP contribution < -0.4 is 10.6 Å². The second-order valence-electron chi connectivity index (χ2n) is 6.00. The van der Waals surface area contributed by atoms with Crippen molar-refractivity contribution in [1.29, 1.82) is 0 Å². The number of amides is 2. The van der Waals surface area contributed by atoms with Crippen LogP contribution in [0.25, 0.3) is 0 Å². The molecule has 8 heteroatoms. The van der Waals surface area contributed by atoms with Crippen LogP contribution in [0.4, 0.5) is 11.4 Å². The molecule has 0 aliphatic carbocycles. The minimum Gasteiger partial charge on any atom is -0.325 e. The largest absolute Gasteiger partial charge is 0.325 e. The number of nitrogens with one attached hydrogen (secondary N) is 2. The van der Waals surface area contributed by atoms with Gasteiger partial charge in [0, 0.05) is 34.2 Å². The molecule has 0 bridgehead atoms. The van der Waals surface area contributed by atoms with E-state index in [0.717, 1.165) is 21.3 Å². The van der Waals surface area contributed by atoms with Crippen molar-refractivity contribution in [3.63, 3.8) is 0 Å². The van der Waals surface area contributed by atoms with E-state index in [2.05, 4.69) is 21.0 Å². The predicted octanol–water partition coefficient (Wildman–Crippen LogP) is 5.61. The standard InChI is InChI=1S/C20H18ClN3O2S2/c1-12(25)22-19-8-5-15(9-18(19)21)24-20(26)14-3-6-17(7-4-14)28-11-16-10-27-13(2)23-16/h3-10H,11H2,1-2H3,(H,22,25)(H,24,26). The molecule has 3 rings (SSSR count). The summed E-state index contributed by atoms with van der Waals surface area (Å²) in [7, 11) is 0. The lowest BCUT2D eigenvalue weighted by molar-refractivity contribution is -0.114. The van der Waals surface area contributed by atoms with E-state index in [1.807, 2.05) is 19.1 Å². The van der Waals surface area contributed by atoms with Crippen LogP contribution in [0.3, 0.4) is 0 Å². The molecule has 2 amide bonds. The SMILES string of the molecule is CC(=O)Nc1ccc(NC(=O)c2ccc(SCc3csc(C)n3)cc2)cc1Cl. The summed E-state index contributed by atoms with van der Waals surface area (Å²) in [5, 5.41) is 8.92. The van der Waals surface area contributed by atoms with Crippen LogP contribution in [0, 0.1) is 6.92 Å². The molecule has 0 spiro atoms. The van der Waals surface area contributed by atoms with Crippen LogP contribution in [0.1, 0.15) is 28.0 Å². The topological polar surface area (TPSA) is 71.1 Å². The maximum Gasteiger partial charge on any atom is 0.255 e. The van der Waals surface area contributed by atoms with Crippen LogP contribution in [0.2, 0.25) is 5.02 Å². The summed E-state index contributed by atoms with van der Waals surface area (Å²) in [5.74, 6) is 0.367. The Morgan fingerprint density at radius 2 is 1.89 bits per heavy atom. The Balaban J connectivity index is 1.59. The highest BCUT2D eigenvalue weighted by molar-refractivity contribution is 7.98. The summed E-state index contributed by atoms with van der Waals surface area (Å²) >= 11 is 9.46. The quantitative estimate of drug-likeness (QED) is 0.498. The van der Waals surface area contributed by atoms with Crippen molar-refractivity contribution >= 4 is 57.9 Å². The minimum absolute atomic E-state index is 0.207. The van der Waals surface area contributed by atoms with E-state index < -0.39 is 0 Å². The summed E-state index contributed by atoms with van der Waals surface area (Å²) in [6.07, 6.45) is 0. The molecule has 0 aliphatic rings. The molecular weight excluding hydrogens is 414 g/mol. The Hall–Kier alpha value is -2.35. The molecule has 0 saturated carbocycles. The van der Waals surface area contributed by atoms with Gasteiger partial charge in [-0.1, -0.05) is 11.6 Å². The number of benzene rings is 2.